The van der Waals surface area contributed by atoms with Crippen LogP contribution in [0.4, 0.5) is 0 Å². The van der Waals surface area contributed by atoms with E-state index in [9.17, 15) is 9.90 Å². The molecule has 4 aliphatic carbocycles. The van der Waals surface area contributed by atoms with Crippen molar-refractivity contribution < 1.29 is 19.4 Å². The maximum absolute atomic E-state index is 14.0. The molecule has 8 unspecified atom stereocenters. The Kier molecular flexibility index (Phi) is 4.62. The van der Waals surface area contributed by atoms with Gasteiger partial charge < -0.3 is 14.6 Å². The molecule has 0 aromatic carbocycles. The van der Waals surface area contributed by atoms with E-state index in [4.69, 9.17) is 9.47 Å². The van der Waals surface area contributed by atoms with Crippen LogP contribution in [-0.2, 0) is 14.3 Å². The van der Waals surface area contributed by atoms with Gasteiger partial charge in [-0.25, -0.2) is 0 Å². The molecule has 6 aliphatic rings. The topological polar surface area (TPSA) is 55.8 Å². The molecule has 2 aliphatic heterocycles. The maximum atomic E-state index is 14.0. The molecule has 0 aromatic heterocycles. The largest absolute Gasteiger partial charge is 0.393 e. The molecule has 0 radical (unpaired) electrons. The van der Waals surface area contributed by atoms with Crippen LogP contribution in [0, 0.1) is 52.3 Å². The number of aliphatic hydroxyl groups is 1. The molecule has 12 atom stereocenters. The third-order valence-electron chi connectivity index (χ3n) is 11.8. The summed E-state index contributed by atoms with van der Waals surface area (Å²) in [4.78, 5) is 14.0. The van der Waals surface area contributed by atoms with E-state index in [2.05, 4.69) is 27.7 Å². The second-order valence-corrected chi connectivity index (χ2v) is 13.0. The summed E-state index contributed by atoms with van der Waals surface area (Å²) in [6.45, 7) is 10.1. The van der Waals surface area contributed by atoms with Crippen LogP contribution in [-0.4, -0.2) is 35.5 Å². The monoisotopic (exact) mass is 430 g/mol. The summed E-state index contributed by atoms with van der Waals surface area (Å²) in [5.74, 6) is 3.45. The van der Waals surface area contributed by atoms with E-state index in [1.807, 2.05) is 0 Å². The molecular weight excluding hydrogens is 388 g/mol. The van der Waals surface area contributed by atoms with Crippen LogP contribution in [0.5, 0.6) is 0 Å². The molecule has 6 rings (SSSR count). The first-order chi connectivity index (χ1) is 14.7. The number of hydrogen-bond acceptors (Lipinski definition) is 4. The van der Waals surface area contributed by atoms with Gasteiger partial charge in [0.25, 0.3) is 0 Å². The van der Waals surface area contributed by atoms with Crippen molar-refractivity contribution in [3.05, 3.63) is 0 Å². The van der Waals surface area contributed by atoms with Crippen molar-refractivity contribution in [2.45, 2.75) is 103 Å². The van der Waals surface area contributed by atoms with E-state index in [-0.39, 0.29) is 29.0 Å². The molecule has 4 heteroatoms. The normalized spacial score (nSPS) is 60.9. The third kappa shape index (κ3) is 2.68. The van der Waals surface area contributed by atoms with Crippen molar-refractivity contribution >= 4 is 5.78 Å². The van der Waals surface area contributed by atoms with Gasteiger partial charge in [-0.1, -0.05) is 27.7 Å². The van der Waals surface area contributed by atoms with Crippen molar-refractivity contribution in [2.75, 3.05) is 6.61 Å². The molecule has 1 N–H and O–H groups in total. The average molecular weight is 431 g/mol. The fourth-order valence-electron chi connectivity index (χ4n) is 9.93. The molecule has 2 heterocycles. The molecule has 1 spiro atoms. The summed E-state index contributed by atoms with van der Waals surface area (Å²) in [5.41, 5.74) is -0.0221. The van der Waals surface area contributed by atoms with Crippen molar-refractivity contribution in [1.29, 1.82) is 0 Å². The molecule has 174 valence electrons. The van der Waals surface area contributed by atoms with Gasteiger partial charge in [0.1, 0.15) is 5.78 Å². The lowest BCUT2D eigenvalue weighted by atomic mass is 9.44. The van der Waals surface area contributed by atoms with Crippen molar-refractivity contribution in [2.24, 2.45) is 52.3 Å². The number of carbonyl (C=O) groups is 1. The highest BCUT2D eigenvalue weighted by molar-refractivity contribution is 5.87. The Balaban J connectivity index is 1.30. The second-order valence-electron chi connectivity index (χ2n) is 13.0. The molecule has 0 amide bonds. The molecule has 6 fully saturated rings. The Labute approximate surface area is 187 Å². The fourth-order valence-corrected chi connectivity index (χ4v) is 9.93. The summed E-state index contributed by atoms with van der Waals surface area (Å²) < 4.78 is 13.2. The highest BCUT2D eigenvalue weighted by Crippen LogP contribution is 2.70. The van der Waals surface area contributed by atoms with Gasteiger partial charge in [0.05, 0.1) is 18.8 Å². The van der Waals surface area contributed by atoms with Crippen LogP contribution in [0.25, 0.3) is 0 Å². The first kappa shape index (κ1) is 21.1. The van der Waals surface area contributed by atoms with E-state index in [0.29, 0.717) is 41.3 Å². The zero-order valence-electron chi connectivity index (χ0n) is 19.9. The number of hydrogen-bond donors (Lipinski definition) is 1. The van der Waals surface area contributed by atoms with Crippen molar-refractivity contribution in [3.63, 3.8) is 0 Å². The van der Waals surface area contributed by atoms with Gasteiger partial charge in [-0.05, 0) is 80.0 Å². The van der Waals surface area contributed by atoms with E-state index in [1.165, 1.54) is 12.8 Å². The quantitative estimate of drug-likeness (QED) is 0.589. The highest BCUT2D eigenvalue weighted by atomic mass is 16.7. The zero-order valence-corrected chi connectivity index (χ0v) is 19.9. The van der Waals surface area contributed by atoms with E-state index in [1.54, 1.807) is 0 Å². The summed E-state index contributed by atoms with van der Waals surface area (Å²) in [5, 5.41) is 10.3. The van der Waals surface area contributed by atoms with Crippen LogP contribution >= 0.6 is 0 Å². The lowest BCUT2D eigenvalue weighted by Crippen LogP contribution is -2.58. The van der Waals surface area contributed by atoms with E-state index < -0.39 is 5.79 Å². The van der Waals surface area contributed by atoms with E-state index >= 15 is 0 Å². The first-order valence-electron chi connectivity index (χ1n) is 13.2. The fraction of sp³-hybridized carbons (Fsp3) is 0.963. The van der Waals surface area contributed by atoms with Gasteiger partial charge in [-0.2, -0.15) is 0 Å². The molecule has 2 saturated heterocycles. The average Bonchev–Trinajstić information content (AvgIpc) is 3.18. The number of rotatable bonds is 0. The van der Waals surface area contributed by atoms with Crippen LogP contribution in [0.3, 0.4) is 0 Å². The van der Waals surface area contributed by atoms with Gasteiger partial charge in [0.2, 0.25) is 0 Å². The summed E-state index contributed by atoms with van der Waals surface area (Å²) >= 11 is 0. The van der Waals surface area contributed by atoms with Crippen molar-refractivity contribution in [1.82, 2.24) is 0 Å². The second kappa shape index (κ2) is 6.79. The van der Waals surface area contributed by atoms with Gasteiger partial charge in [0.15, 0.2) is 5.79 Å². The van der Waals surface area contributed by atoms with Crippen LogP contribution in [0.1, 0.15) is 85.5 Å². The molecule has 4 nitrogen and oxygen atoms in total. The van der Waals surface area contributed by atoms with Gasteiger partial charge in [-0.3, -0.25) is 4.79 Å². The van der Waals surface area contributed by atoms with Crippen LogP contribution in [0.15, 0.2) is 0 Å². The van der Waals surface area contributed by atoms with Gasteiger partial charge in [-0.15, -0.1) is 0 Å². The molecule has 31 heavy (non-hydrogen) atoms. The number of ketones is 1. The number of ether oxygens (including phenoxy) is 2. The Morgan fingerprint density at radius 3 is 2.55 bits per heavy atom. The Morgan fingerprint density at radius 2 is 1.81 bits per heavy atom. The first-order valence-corrected chi connectivity index (χ1v) is 13.2. The predicted octanol–water partition coefficient (Wildman–Crippen LogP) is 4.97. The number of carbonyl (C=O) groups excluding carboxylic acids is 1. The minimum atomic E-state index is -0.448. The van der Waals surface area contributed by atoms with Gasteiger partial charge >= 0.3 is 0 Å². The maximum Gasteiger partial charge on any atom is 0.171 e. The number of Topliss-reactive ketones (excluding diaryl/α,β-unsaturated/α-hetero) is 1. The predicted molar refractivity (Wildman–Crippen MR) is 118 cm³/mol. The van der Waals surface area contributed by atoms with Crippen LogP contribution < -0.4 is 0 Å². The standard InChI is InChI=1S/C27H42O4/c1-15-7-10-27(30-14-15)16(2)24-22(31-27)12-21-19-6-5-17-11-18(28)8-9-25(17,3)20(19)13-23(29)26(21,24)4/h15-22,24,28H,5-14H2,1-4H3/t15-,16?,17?,18-,19?,20?,21?,22?,24?,25-,26+,27?/m0/s1. The smallest absolute Gasteiger partial charge is 0.171 e. The lowest BCUT2D eigenvalue weighted by Gasteiger charge is -2.60. The molecule has 0 bridgehead atoms. The minimum absolute atomic E-state index is 0.131. The summed E-state index contributed by atoms with van der Waals surface area (Å²) in [6.07, 6.45) is 9.39. The van der Waals surface area contributed by atoms with Crippen molar-refractivity contribution in [3.8, 4) is 0 Å². The highest BCUT2D eigenvalue weighted by Gasteiger charge is 2.71. The Hall–Kier alpha value is -0.450. The summed E-state index contributed by atoms with van der Waals surface area (Å²) in [6, 6.07) is 0. The number of fused-ring (bicyclic) bond motifs is 7. The van der Waals surface area contributed by atoms with Crippen LogP contribution in [0.2, 0.25) is 0 Å². The molecule has 4 saturated carbocycles. The third-order valence-corrected chi connectivity index (χ3v) is 11.8. The van der Waals surface area contributed by atoms with E-state index in [0.717, 1.165) is 51.6 Å². The SMILES string of the molecule is CC1C2C(CC3C4CCC5C[C@@H](O)CC[C@]5(C)C4CC(=O)[C@@]32C)OC12CC[C@H](C)CO2. The minimum Gasteiger partial charge on any atom is -0.393 e. The molecular formula is C27H42O4. The molecule has 0 aromatic rings. The lowest BCUT2D eigenvalue weighted by molar-refractivity contribution is -0.272. The Morgan fingerprint density at radius 1 is 1.00 bits per heavy atom. The van der Waals surface area contributed by atoms with Gasteiger partial charge in [0, 0.05) is 30.1 Å². The zero-order chi connectivity index (χ0) is 21.8. The summed E-state index contributed by atoms with van der Waals surface area (Å²) in [7, 11) is 0. The Bertz CT molecular complexity index is 756. The number of aliphatic hydroxyl groups excluding tert-OH is 1.